The van der Waals surface area contributed by atoms with Crippen LogP contribution < -0.4 is 10.5 Å². The number of piperidine rings is 1. The van der Waals surface area contributed by atoms with E-state index in [-0.39, 0.29) is 10.7 Å². The molecule has 0 aliphatic carbocycles. The normalized spacial score (nSPS) is 15.6. The van der Waals surface area contributed by atoms with Crippen molar-refractivity contribution < 1.29 is 13.2 Å². The van der Waals surface area contributed by atoms with Gasteiger partial charge in [-0.25, -0.2) is 0 Å². The van der Waals surface area contributed by atoms with E-state index in [4.69, 9.17) is 11.6 Å². The Morgan fingerprint density at radius 2 is 1.87 bits per heavy atom. The van der Waals surface area contributed by atoms with Crippen LogP contribution >= 0.6 is 11.6 Å². The summed E-state index contributed by atoms with van der Waals surface area (Å²) in [7, 11) is 1.88. The number of rotatable bonds is 3. The monoisotopic (exact) mass is 437 g/mol. The van der Waals surface area contributed by atoms with E-state index in [0.29, 0.717) is 24.7 Å². The van der Waals surface area contributed by atoms with Gasteiger partial charge in [0, 0.05) is 26.3 Å². The van der Waals surface area contributed by atoms with E-state index in [1.54, 1.807) is 4.68 Å². The third kappa shape index (κ3) is 3.94. The quantitative estimate of drug-likeness (QED) is 0.621. The van der Waals surface area contributed by atoms with Gasteiger partial charge in [0.25, 0.3) is 5.56 Å². The molecule has 0 amide bonds. The molecule has 3 heterocycles. The maximum absolute atomic E-state index is 13.0. The van der Waals surface area contributed by atoms with Crippen molar-refractivity contribution in [2.24, 2.45) is 7.05 Å². The number of alkyl halides is 3. The highest BCUT2D eigenvalue weighted by atomic mass is 35.5. The number of nitrogens with zero attached hydrogens (tertiary/aromatic N) is 5. The van der Waals surface area contributed by atoms with E-state index in [0.717, 1.165) is 29.7 Å². The van der Waals surface area contributed by atoms with Crippen molar-refractivity contribution in [2.45, 2.75) is 24.9 Å². The zero-order valence-electron chi connectivity index (χ0n) is 16.1. The Morgan fingerprint density at radius 1 is 1.13 bits per heavy atom. The van der Waals surface area contributed by atoms with E-state index >= 15 is 0 Å². The van der Waals surface area contributed by atoms with E-state index in [1.807, 2.05) is 24.3 Å². The van der Waals surface area contributed by atoms with Gasteiger partial charge in [-0.2, -0.15) is 28.1 Å². The maximum Gasteiger partial charge on any atom is 0.416 e. The Morgan fingerprint density at radius 3 is 2.50 bits per heavy atom. The summed E-state index contributed by atoms with van der Waals surface area (Å²) in [6, 6.07) is 4.44. The van der Waals surface area contributed by atoms with Gasteiger partial charge in [-0.3, -0.25) is 9.48 Å². The van der Waals surface area contributed by atoms with Crippen molar-refractivity contribution in [3.05, 3.63) is 69.4 Å². The maximum atomic E-state index is 13.0. The lowest BCUT2D eigenvalue weighted by Gasteiger charge is -2.33. The Bertz CT molecular complexity index is 1120. The predicted octanol–water partition coefficient (Wildman–Crippen LogP) is 4.02. The van der Waals surface area contributed by atoms with Crippen LogP contribution in [0.2, 0.25) is 5.02 Å². The lowest BCUT2D eigenvalue weighted by Crippen LogP contribution is -2.35. The third-order valence-corrected chi connectivity index (χ3v) is 5.71. The second kappa shape index (κ2) is 7.79. The van der Waals surface area contributed by atoms with E-state index in [9.17, 15) is 18.0 Å². The molecule has 0 radical (unpaired) electrons. The van der Waals surface area contributed by atoms with Crippen molar-refractivity contribution >= 4 is 17.3 Å². The van der Waals surface area contributed by atoms with Crippen LogP contribution in [0.3, 0.4) is 0 Å². The van der Waals surface area contributed by atoms with Crippen LogP contribution in [0.5, 0.6) is 0 Å². The van der Waals surface area contributed by atoms with Gasteiger partial charge in [0.1, 0.15) is 5.02 Å². The van der Waals surface area contributed by atoms with Gasteiger partial charge >= 0.3 is 6.18 Å². The number of hydrogen-bond acceptors (Lipinski definition) is 4. The first-order chi connectivity index (χ1) is 14.2. The summed E-state index contributed by atoms with van der Waals surface area (Å²) >= 11 is 6.32. The summed E-state index contributed by atoms with van der Waals surface area (Å²) in [6.07, 6.45) is 2.55. The average Bonchev–Trinajstić information content (AvgIpc) is 3.16. The fourth-order valence-electron chi connectivity index (χ4n) is 3.75. The van der Waals surface area contributed by atoms with Crippen LogP contribution in [0.25, 0.3) is 5.69 Å². The van der Waals surface area contributed by atoms with E-state index in [1.165, 1.54) is 23.9 Å². The Balaban J connectivity index is 1.56. The van der Waals surface area contributed by atoms with Gasteiger partial charge in [-0.1, -0.05) is 17.7 Å². The molecule has 10 heteroatoms. The highest BCUT2D eigenvalue weighted by molar-refractivity contribution is 6.33. The molecule has 0 saturated carbocycles. The van der Waals surface area contributed by atoms with Gasteiger partial charge in [-0.15, -0.1) is 0 Å². The molecule has 158 valence electrons. The molecular weight excluding hydrogens is 419 g/mol. The zero-order chi connectivity index (χ0) is 21.5. The number of aryl methyl sites for hydroxylation is 1. The second-order valence-electron chi connectivity index (χ2n) is 7.32. The lowest BCUT2D eigenvalue weighted by molar-refractivity contribution is -0.137. The number of hydrogen-bond donors (Lipinski definition) is 0. The summed E-state index contributed by atoms with van der Waals surface area (Å²) in [4.78, 5) is 14.7. The summed E-state index contributed by atoms with van der Waals surface area (Å²) in [6.45, 7) is 1.38. The molecule has 1 aliphatic rings. The molecule has 1 fully saturated rings. The molecule has 1 saturated heterocycles. The van der Waals surface area contributed by atoms with Crippen LogP contribution in [-0.4, -0.2) is 32.7 Å². The number of benzene rings is 1. The molecule has 1 aliphatic heterocycles. The summed E-state index contributed by atoms with van der Waals surface area (Å²) in [5.41, 5.74) is 0.184. The van der Waals surface area contributed by atoms with Crippen LogP contribution in [0.1, 0.15) is 29.9 Å². The standard InChI is InChI=1S/C20H19ClF3N5O/c1-27-12-14(10-25-27)13-5-7-28(8-6-13)17-11-26-29(19(30)18(17)21)16-4-2-3-15(9-16)20(22,23)24/h2-4,9-13H,5-8H2,1H3. The first kappa shape index (κ1) is 20.5. The molecule has 0 spiro atoms. The molecule has 6 nitrogen and oxygen atoms in total. The number of anilines is 1. The molecular formula is C20H19ClF3N5O. The van der Waals surface area contributed by atoms with Gasteiger partial charge in [0.15, 0.2) is 0 Å². The molecule has 0 bridgehead atoms. The molecule has 0 N–H and O–H groups in total. The largest absolute Gasteiger partial charge is 0.416 e. The predicted molar refractivity (Wildman–Crippen MR) is 107 cm³/mol. The molecule has 4 rings (SSSR count). The molecule has 0 unspecified atom stereocenters. The molecule has 0 atom stereocenters. The van der Waals surface area contributed by atoms with Gasteiger partial charge in [0.05, 0.1) is 29.3 Å². The minimum absolute atomic E-state index is 0.0126. The van der Waals surface area contributed by atoms with Crippen LogP contribution in [0.15, 0.2) is 47.7 Å². The van der Waals surface area contributed by atoms with Crippen molar-refractivity contribution in [1.82, 2.24) is 19.6 Å². The van der Waals surface area contributed by atoms with Gasteiger partial charge < -0.3 is 4.90 Å². The van der Waals surface area contributed by atoms with Gasteiger partial charge in [0.2, 0.25) is 0 Å². The second-order valence-corrected chi connectivity index (χ2v) is 7.70. The van der Waals surface area contributed by atoms with Crippen LogP contribution in [0.4, 0.5) is 18.9 Å². The van der Waals surface area contributed by atoms with Crippen molar-refractivity contribution in [2.75, 3.05) is 18.0 Å². The first-order valence-electron chi connectivity index (χ1n) is 9.43. The number of halogens is 4. The first-order valence-corrected chi connectivity index (χ1v) is 9.81. The van der Waals surface area contributed by atoms with Crippen LogP contribution in [0, 0.1) is 0 Å². The molecule has 3 aromatic rings. The molecule has 1 aromatic carbocycles. The summed E-state index contributed by atoms with van der Waals surface area (Å²) in [5, 5.41) is 8.24. The summed E-state index contributed by atoms with van der Waals surface area (Å²) in [5.74, 6) is 0.382. The topological polar surface area (TPSA) is 56.0 Å². The van der Waals surface area contributed by atoms with Crippen molar-refractivity contribution in [3.63, 3.8) is 0 Å². The summed E-state index contributed by atoms with van der Waals surface area (Å²) < 4.78 is 41.6. The fraction of sp³-hybridized carbons (Fsp3) is 0.350. The highest BCUT2D eigenvalue weighted by Crippen LogP contribution is 2.33. The molecule has 30 heavy (non-hydrogen) atoms. The zero-order valence-corrected chi connectivity index (χ0v) is 16.9. The molecule has 2 aromatic heterocycles. The third-order valence-electron chi connectivity index (χ3n) is 5.35. The van der Waals surface area contributed by atoms with E-state index < -0.39 is 17.3 Å². The van der Waals surface area contributed by atoms with Crippen molar-refractivity contribution in [3.8, 4) is 5.69 Å². The average molecular weight is 438 g/mol. The Labute approximate surface area is 175 Å². The minimum Gasteiger partial charge on any atom is -0.369 e. The Hall–Kier alpha value is -2.81. The SMILES string of the molecule is Cn1cc(C2CCN(c3cnn(-c4cccc(C(F)(F)F)c4)c(=O)c3Cl)CC2)cn1. The lowest BCUT2D eigenvalue weighted by atomic mass is 9.91. The van der Waals surface area contributed by atoms with E-state index in [2.05, 4.69) is 10.2 Å². The Kier molecular flexibility index (Phi) is 5.31. The number of aromatic nitrogens is 4. The fourth-order valence-corrected chi connectivity index (χ4v) is 4.00. The minimum atomic E-state index is -4.51. The van der Waals surface area contributed by atoms with Gasteiger partial charge in [-0.05, 0) is 42.5 Å². The van der Waals surface area contributed by atoms with Crippen LogP contribution in [-0.2, 0) is 13.2 Å². The smallest absolute Gasteiger partial charge is 0.369 e. The van der Waals surface area contributed by atoms with Crippen molar-refractivity contribution in [1.29, 1.82) is 0 Å². The highest BCUT2D eigenvalue weighted by Gasteiger charge is 2.31.